The van der Waals surface area contributed by atoms with E-state index in [2.05, 4.69) is 12.2 Å². The van der Waals surface area contributed by atoms with Crippen LogP contribution in [0.4, 0.5) is 0 Å². The number of carbonyl (C=O) groups excluding carboxylic acids is 1. The molecule has 0 bridgehead atoms. The lowest BCUT2D eigenvalue weighted by Crippen LogP contribution is -2.35. The number of amides is 1. The first-order valence-electron chi connectivity index (χ1n) is 4.53. The molecule has 0 radical (unpaired) electrons. The number of hydrogen-bond acceptors (Lipinski definition) is 2. The molecule has 2 atom stereocenters. The van der Waals surface area contributed by atoms with Crippen molar-refractivity contribution >= 4 is 5.91 Å². The molecule has 0 heterocycles. The van der Waals surface area contributed by atoms with Crippen LogP contribution in [0.3, 0.4) is 0 Å². The van der Waals surface area contributed by atoms with Crippen LogP contribution in [-0.4, -0.2) is 38.0 Å². The van der Waals surface area contributed by atoms with Crippen LogP contribution in [0.5, 0.6) is 0 Å². The van der Waals surface area contributed by atoms with E-state index in [1.54, 1.807) is 7.05 Å². The summed E-state index contributed by atoms with van der Waals surface area (Å²) in [6.45, 7) is 3.63. The summed E-state index contributed by atoms with van der Waals surface area (Å²) in [6.07, 6.45) is 1.29. The van der Waals surface area contributed by atoms with E-state index in [4.69, 9.17) is 0 Å². The fourth-order valence-electron chi connectivity index (χ4n) is 1.39. The van der Waals surface area contributed by atoms with E-state index in [-0.39, 0.29) is 5.91 Å². The van der Waals surface area contributed by atoms with Crippen molar-refractivity contribution < 1.29 is 4.79 Å². The average molecular weight is 170 g/mol. The Kier molecular flexibility index (Phi) is 3.09. The Morgan fingerprint density at radius 3 is 2.67 bits per heavy atom. The van der Waals surface area contributed by atoms with Gasteiger partial charge in [-0.15, -0.1) is 0 Å². The summed E-state index contributed by atoms with van der Waals surface area (Å²) < 4.78 is 0. The smallest absolute Gasteiger partial charge is 0.236 e. The van der Waals surface area contributed by atoms with Gasteiger partial charge < -0.3 is 10.2 Å². The maximum Gasteiger partial charge on any atom is 0.236 e. The van der Waals surface area contributed by atoms with Crippen molar-refractivity contribution in [2.45, 2.75) is 13.3 Å². The Morgan fingerprint density at radius 1 is 1.67 bits per heavy atom. The standard InChI is InChI=1S/C9H18N2O/c1-7-4-8(7)6-11(3)9(12)5-10-2/h7-8,10H,4-6H2,1-3H3. The van der Waals surface area contributed by atoms with E-state index in [1.165, 1.54) is 6.42 Å². The fraction of sp³-hybridized carbons (Fsp3) is 0.889. The van der Waals surface area contributed by atoms with Gasteiger partial charge in [-0.05, 0) is 25.3 Å². The summed E-state index contributed by atoms with van der Waals surface area (Å²) in [6, 6.07) is 0. The van der Waals surface area contributed by atoms with Gasteiger partial charge in [0, 0.05) is 13.6 Å². The predicted molar refractivity (Wildman–Crippen MR) is 48.8 cm³/mol. The number of carbonyl (C=O) groups is 1. The molecule has 1 amide bonds. The predicted octanol–water partition coefficient (Wildman–Crippen LogP) is 0.320. The molecule has 0 aliphatic heterocycles. The Labute approximate surface area is 74.1 Å². The molecule has 1 aliphatic carbocycles. The highest BCUT2D eigenvalue weighted by Crippen LogP contribution is 2.37. The summed E-state index contributed by atoms with van der Waals surface area (Å²) in [4.78, 5) is 13.1. The molecule has 1 saturated carbocycles. The molecule has 3 heteroatoms. The van der Waals surface area contributed by atoms with E-state index in [0.717, 1.165) is 18.4 Å². The minimum atomic E-state index is 0.191. The zero-order chi connectivity index (χ0) is 9.14. The lowest BCUT2D eigenvalue weighted by atomic mass is 10.3. The van der Waals surface area contributed by atoms with E-state index >= 15 is 0 Å². The van der Waals surface area contributed by atoms with Crippen molar-refractivity contribution in [1.82, 2.24) is 10.2 Å². The van der Waals surface area contributed by atoms with Gasteiger partial charge in [-0.1, -0.05) is 6.92 Å². The van der Waals surface area contributed by atoms with Gasteiger partial charge in [0.2, 0.25) is 5.91 Å². The SMILES string of the molecule is CNCC(=O)N(C)CC1CC1C. The van der Waals surface area contributed by atoms with Gasteiger partial charge in [-0.2, -0.15) is 0 Å². The van der Waals surface area contributed by atoms with Crippen molar-refractivity contribution in [3.8, 4) is 0 Å². The third kappa shape index (κ3) is 2.48. The molecule has 1 N–H and O–H groups in total. The fourth-order valence-corrected chi connectivity index (χ4v) is 1.39. The monoisotopic (exact) mass is 170 g/mol. The van der Waals surface area contributed by atoms with Crippen LogP contribution in [0.15, 0.2) is 0 Å². The quantitative estimate of drug-likeness (QED) is 0.659. The molecule has 0 saturated heterocycles. The normalized spacial score (nSPS) is 26.9. The molecule has 1 fully saturated rings. The van der Waals surface area contributed by atoms with E-state index in [9.17, 15) is 4.79 Å². The minimum absolute atomic E-state index is 0.191. The first-order chi connectivity index (χ1) is 5.65. The molecule has 1 rings (SSSR count). The van der Waals surface area contributed by atoms with E-state index in [1.807, 2.05) is 11.9 Å². The molecule has 2 unspecified atom stereocenters. The lowest BCUT2D eigenvalue weighted by Gasteiger charge is -2.16. The third-order valence-corrected chi connectivity index (χ3v) is 2.54. The highest BCUT2D eigenvalue weighted by Gasteiger charge is 2.33. The van der Waals surface area contributed by atoms with Crippen molar-refractivity contribution in [3.05, 3.63) is 0 Å². The summed E-state index contributed by atoms with van der Waals surface area (Å²) >= 11 is 0. The Hall–Kier alpha value is -0.570. The summed E-state index contributed by atoms with van der Waals surface area (Å²) in [7, 11) is 3.68. The topological polar surface area (TPSA) is 32.3 Å². The molecular weight excluding hydrogens is 152 g/mol. The van der Waals surface area contributed by atoms with Gasteiger partial charge >= 0.3 is 0 Å². The lowest BCUT2D eigenvalue weighted by molar-refractivity contribution is -0.129. The first-order valence-corrected chi connectivity index (χ1v) is 4.53. The largest absolute Gasteiger partial charge is 0.344 e. The molecule has 1 aliphatic rings. The first kappa shape index (κ1) is 9.52. The van der Waals surface area contributed by atoms with Gasteiger partial charge in [-0.3, -0.25) is 4.79 Å². The number of hydrogen-bond donors (Lipinski definition) is 1. The molecule has 12 heavy (non-hydrogen) atoms. The van der Waals surface area contributed by atoms with Crippen LogP contribution >= 0.6 is 0 Å². The number of rotatable bonds is 4. The summed E-state index contributed by atoms with van der Waals surface area (Å²) in [5.41, 5.74) is 0. The van der Waals surface area contributed by atoms with Crippen LogP contribution in [0.25, 0.3) is 0 Å². The molecule has 70 valence electrons. The van der Waals surface area contributed by atoms with Gasteiger partial charge in [0.15, 0.2) is 0 Å². The third-order valence-electron chi connectivity index (χ3n) is 2.54. The van der Waals surface area contributed by atoms with E-state index in [0.29, 0.717) is 6.54 Å². The second-order valence-electron chi connectivity index (χ2n) is 3.78. The van der Waals surface area contributed by atoms with Gasteiger partial charge in [0.1, 0.15) is 0 Å². The summed E-state index contributed by atoms with van der Waals surface area (Å²) in [5.74, 6) is 1.78. The molecular formula is C9H18N2O. The maximum atomic E-state index is 11.3. The molecule has 3 nitrogen and oxygen atoms in total. The second kappa shape index (κ2) is 3.90. The van der Waals surface area contributed by atoms with Crippen LogP contribution < -0.4 is 5.32 Å². The van der Waals surface area contributed by atoms with Crippen molar-refractivity contribution in [3.63, 3.8) is 0 Å². The van der Waals surface area contributed by atoms with Crippen LogP contribution in [0.1, 0.15) is 13.3 Å². The zero-order valence-corrected chi connectivity index (χ0v) is 8.13. The molecule has 0 aromatic rings. The van der Waals surface area contributed by atoms with Crippen LogP contribution in [-0.2, 0) is 4.79 Å². The highest BCUT2D eigenvalue weighted by molar-refractivity contribution is 5.77. The van der Waals surface area contributed by atoms with Gasteiger partial charge in [-0.25, -0.2) is 0 Å². The number of nitrogens with zero attached hydrogens (tertiary/aromatic N) is 1. The van der Waals surface area contributed by atoms with Gasteiger partial charge in [0.25, 0.3) is 0 Å². The molecule has 0 aromatic carbocycles. The Morgan fingerprint density at radius 2 is 2.25 bits per heavy atom. The minimum Gasteiger partial charge on any atom is -0.344 e. The highest BCUT2D eigenvalue weighted by atomic mass is 16.2. The molecule has 0 spiro atoms. The number of nitrogens with one attached hydrogen (secondary N) is 1. The van der Waals surface area contributed by atoms with Crippen molar-refractivity contribution in [2.24, 2.45) is 11.8 Å². The van der Waals surface area contributed by atoms with Gasteiger partial charge in [0.05, 0.1) is 6.54 Å². The molecule has 0 aromatic heterocycles. The van der Waals surface area contributed by atoms with Crippen molar-refractivity contribution in [2.75, 3.05) is 27.2 Å². The maximum absolute atomic E-state index is 11.3. The Balaban J connectivity index is 2.18. The van der Waals surface area contributed by atoms with Crippen LogP contribution in [0.2, 0.25) is 0 Å². The Bertz CT molecular complexity index is 170. The summed E-state index contributed by atoms with van der Waals surface area (Å²) in [5, 5.41) is 2.86. The van der Waals surface area contributed by atoms with Crippen molar-refractivity contribution in [1.29, 1.82) is 0 Å². The second-order valence-corrected chi connectivity index (χ2v) is 3.78. The zero-order valence-electron chi connectivity index (χ0n) is 8.13. The average Bonchev–Trinajstić information content (AvgIpc) is 2.67. The van der Waals surface area contributed by atoms with Crippen LogP contribution in [0, 0.1) is 11.8 Å². The van der Waals surface area contributed by atoms with E-state index < -0.39 is 0 Å². The number of likely N-dealkylation sites (N-methyl/N-ethyl adjacent to an activating group) is 2.